The van der Waals surface area contributed by atoms with Gasteiger partial charge in [-0.05, 0) is 0 Å². The lowest BCUT2D eigenvalue weighted by Gasteiger charge is -1.99. The molecule has 2 aromatic rings. The quantitative estimate of drug-likeness (QED) is 0.845. The van der Waals surface area contributed by atoms with Crippen molar-refractivity contribution in [2.45, 2.75) is 6.54 Å². The SMILES string of the molecule is Cl.Cl.Cl.NCCn1cnc2c(N)ncnc21. The largest absolute Gasteiger partial charge is 0.382 e. The van der Waals surface area contributed by atoms with Gasteiger partial charge in [-0.2, -0.15) is 0 Å². The summed E-state index contributed by atoms with van der Waals surface area (Å²) in [7, 11) is 0. The van der Waals surface area contributed by atoms with Gasteiger partial charge in [0.15, 0.2) is 11.5 Å². The number of rotatable bonds is 2. The monoisotopic (exact) mass is 286 g/mol. The van der Waals surface area contributed by atoms with Gasteiger partial charge in [-0.25, -0.2) is 15.0 Å². The molecule has 9 heteroatoms. The van der Waals surface area contributed by atoms with Crippen molar-refractivity contribution in [1.29, 1.82) is 0 Å². The first kappa shape index (κ1) is 17.6. The van der Waals surface area contributed by atoms with Gasteiger partial charge in [-0.15, -0.1) is 37.2 Å². The van der Waals surface area contributed by atoms with E-state index in [1.165, 1.54) is 6.33 Å². The fourth-order valence-electron chi connectivity index (χ4n) is 1.20. The van der Waals surface area contributed by atoms with Gasteiger partial charge < -0.3 is 16.0 Å². The summed E-state index contributed by atoms with van der Waals surface area (Å²) in [5.41, 5.74) is 12.4. The zero-order chi connectivity index (χ0) is 9.26. The minimum Gasteiger partial charge on any atom is -0.382 e. The zero-order valence-corrected chi connectivity index (χ0v) is 10.7. The van der Waals surface area contributed by atoms with Crippen LogP contribution < -0.4 is 11.5 Å². The second kappa shape index (κ2) is 7.45. The molecule has 0 fully saturated rings. The van der Waals surface area contributed by atoms with E-state index in [1.807, 2.05) is 4.57 Å². The molecule has 0 atom stereocenters. The zero-order valence-electron chi connectivity index (χ0n) is 8.24. The Hall–Kier alpha value is -0.820. The number of imidazole rings is 1. The molecule has 4 N–H and O–H groups in total. The lowest BCUT2D eigenvalue weighted by molar-refractivity contribution is 0.721. The Morgan fingerprint density at radius 3 is 2.44 bits per heavy atom. The molecule has 0 aliphatic rings. The summed E-state index contributed by atoms with van der Waals surface area (Å²) in [6.07, 6.45) is 3.09. The van der Waals surface area contributed by atoms with Crippen molar-refractivity contribution in [1.82, 2.24) is 19.5 Å². The highest BCUT2D eigenvalue weighted by atomic mass is 35.5. The van der Waals surface area contributed by atoms with Crippen LogP contribution in [0.15, 0.2) is 12.7 Å². The van der Waals surface area contributed by atoms with E-state index < -0.39 is 0 Å². The Bertz CT molecular complexity index is 431. The number of nitrogens with zero attached hydrogens (tertiary/aromatic N) is 4. The molecule has 92 valence electrons. The van der Waals surface area contributed by atoms with Crippen molar-refractivity contribution < 1.29 is 0 Å². The molecule has 0 aliphatic carbocycles. The van der Waals surface area contributed by atoms with Crippen LogP contribution in [0.1, 0.15) is 0 Å². The second-order valence-corrected chi connectivity index (χ2v) is 2.66. The van der Waals surface area contributed by atoms with Crippen LogP contribution in [0.2, 0.25) is 0 Å². The van der Waals surface area contributed by atoms with Gasteiger partial charge in [0, 0.05) is 13.1 Å². The normalized spacial score (nSPS) is 8.81. The molecule has 2 rings (SSSR count). The smallest absolute Gasteiger partial charge is 0.165 e. The highest BCUT2D eigenvalue weighted by Gasteiger charge is 2.05. The number of anilines is 1. The summed E-state index contributed by atoms with van der Waals surface area (Å²) in [5, 5.41) is 0. The maximum Gasteiger partial charge on any atom is 0.165 e. The van der Waals surface area contributed by atoms with Crippen LogP contribution in [0.5, 0.6) is 0 Å². The van der Waals surface area contributed by atoms with Crippen molar-refractivity contribution in [2.75, 3.05) is 12.3 Å². The van der Waals surface area contributed by atoms with Crippen LogP contribution in [0.3, 0.4) is 0 Å². The number of hydrogen-bond donors (Lipinski definition) is 2. The topological polar surface area (TPSA) is 95.6 Å². The van der Waals surface area contributed by atoms with E-state index >= 15 is 0 Å². The Balaban J connectivity index is 0. The molecule has 16 heavy (non-hydrogen) atoms. The maximum absolute atomic E-state index is 5.61. The molecule has 0 aliphatic heterocycles. The van der Waals surface area contributed by atoms with E-state index in [4.69, 9.17) is 11.5 Å². The van der Waals surface area contributed by atoms with E-state index in [2.05, 4.69) is 15.0 Å². The summed E-state index contributed by atoms with van der Waals surface area (Å²) < 4.78 is 1.85. The fourth-order valence-corrected chi connectivity index (χ4v) is 1.20. The molecule has 0 bridgehead atoms. The van der Waals surface area contributed by atoms with E-state index in [0.29, 0.717) is 24.4 Å². The van der Waals surface area contributed by atoms with Crippen LogP contribution in [0, 0.1) is 0 Å². The van der Waals surface area contributed by atoms with Crippen LogP contribution in [-0.2, 0) is 6.54 Å². The van der Waals surface area contributed by atoms with Gasteiger partial charge in [0.25, 0.3) is 0 Å². The minimum absolute atomic E-state index is 0. The molecule has 0 saturated carbocycles. The van der Waals surface area contributed by atoms with Crippen molar-refractivity contribution in [3.63, 3.8) is 0 Å². The van der Waals surface area contributed by atoms with Crippen molar-refractivity contribution in [3.8, 4) is 0 Å². The first-order chi connectivity index (χ1) is 6.33. The van der Waals surface area contributed by atoms with E-state index in [9.17, 15) is 0 Å². The summed E-state index contributed by atoms with van der Waals surface area (Å²) in [5.74, 6) is 0.403. The lowest BCUT2D eigenvalue weighted by atomic mass is 10.5. The maximum atomic E-state index is 5.61. The van der Waals surface area contributed by atoms with E-state index in [0.717, 1.165) is 5.65 Å². The molecule has 0 radical (unpaired) electrons. The molecular weight excluding hydrogens is 274 g/mol. The molecule has 2 heterocycles. The van der Waals surface area contributed by atoms with Gasteiger partial charge in [-0.3, -0.25) is 0 Å². The van der Waals surface area contributed by atoms with Gasteiger partial charge in [-0.1, -0.05) is 0 Å². The fraction of sp³-hybridized carbons (Fsp3) is 0.286. The van der Waals surface area contributed by atoms with Crippen LogP contribution in [-0.4, -0.2) is 26.1 Å². The molecule has 0 unspecified atom stereocenters. The molecule has 0 saturated heterocycles. The summed E-state index contributed by atoms with van der Waals surface area (Å²) in [6, 6.07) is 0. The predicted molar refractivity (Wildman–Crippen MR) is 70.5 cm³/mol. The Labute approximate surface area is 111 Å². The van der Waals surface area contributed by atoms with Gasteiger partial charge in [0.1, 0.15) is 11.8 Å². The summed E-state index contributed by atoms with van der Waals surface area (Å²) in [6.45, 7) is 1.24. The van der Waals surface area contributed by atoms with E-state index in [-0.39, 0.29) is 37.2 Å². The molecule has 0 amide bonds. The molecule has 0 spiro atoms. The first-order valence-electron chi connectivity index (χ1n) is 3.94. The van der Waals surface area contributed by atoms with Gasteiger partial charge >= 0.3 is 0 Å². The molecule has 2 aromatic heterocycles. The van der Waals surface area contributed by atoms with Gasteiger partial charge in [0.2, 0.25) is 0 Å². The number of hydrogen-bond acceptors (Lipinski definition) is 5. The standard InChI is InChI=1S/C7H10N6.3ClH/c8-1-2-13-4-12-5-6(9)10-3-11-7(5)13;;;/h3-4H,1-2,8H2,(H2,9,10,11);3*1H. The predicted octanol–water partition coefficient (Wildman–Crippen LogP) is 0.633. The highest BCUT2D eigenvalue weighted by Crippen LogP contribution is 2.13. The van der Waals surface area contributed by atoms with Crippen LogP contribution >= 0.6 is 37.2 Å². The number of nitrogens with two attached hydrogens (primary N) is 2. The third-order valence-electron chi connectivity index (χ3n) is 1.80. The van der Waals surface area contributed by atoms with Crippen molar-refractivity contribution >= 4 is 54.2 Å². The molecule has 0 aromatic carbocycles. The second-order valence-electron chi connectivity index (χ2n) is 2.66. The number of nitrogen functional groups attached to an aromatic ring is 1. The Kier molecular flexibility index (Phi) is 8.18. The number of halogens is 3. The lowest BCUT2D eigenvalue weighted by Crippen LogP contribution is -2.09. The number of aromatic nitrogens is 4. The van der Waals surface area contributed by atoms with Gasteiger partial charge in [0.05, 0.1) is 6.33 Å². The molecular formula is C7H13Cl3N6. The minimum atomic E-state index is 0. The first-order valence-corrected chi connectivity index (χ1v) is 3.94. The molecule has 6 nitrogen and oxygen atoms in total. The van der Waals surface area contributed by atoms with E-state index in [1.54, 1.807) is 6.33 Å². The van der Waals surface area contributed by atoms with Crippen LogP contribution in [0.25, 0.3) is 11.2 Å². The summed E-state index contributed by atoms with van der Waals surface area (Å²) >= 11 is 0. The number of fused-ring (bicyclic) bond motifs is 1. The Morgan fingerprint density at radius 2 is 1.81 bits per heavy atom. The van der Waals surface area contributed by atoms with Crippen molar-refractivity contribution in [2.24, 2.45) is 5.73 Å². The summed E-state index contributed by atoms with van der Waals surface area (Å²) in [4.78, 5) is 12.0. The Morgan fingerprint density at radius 1 is 1.12 bits per heavy atom. The average Bonchev–Trinajstić information content (AvgIpc) is 2.51. The van der Waals surface area contributed by atoms with Crippen molar-refractivity contribution in [3.05, 3.63) is 12.7 Å². The third-order valence-corrected chi connectivity index (χ3v) is 1.80. The third kappa shape index (κ3) is 3.08. The average molecular weight is 288 g/mol. The highest BCUT2D eigenvalue weighted by molar-refractivity contribution is 5.86. The van der Waals surface area contributed by atoms with Crippen LogP contribution in [0.4, 0.5) is 5.82 Å².